The van der Waals surface area contributed by atoms with Gasteiger partial charge in [0.15, 0.2) is 0 Å². The number of carbonyl (C=O) groups excluding carboxylic acids is 2. The summed E-state index contributed by atoms with van der Waals surface area (Å²) in [6, 6.07) is 7.49. The van der Waals surface area contributed by atoms with Gasteiger partial charge in [-0.05, 0) is 37.1 Å². The third-order valence-electron chi connectivity index (χ3n) is 3.94. The van der Waals surface area contributed by atoms with Crippen molar-refractivity contribution in [2.24, 2.45) is 0 Å². The van der Waals surface area contributed by atoms with E-state index in [9.17, 15) is 9.59 Å². The number of rotatable bonds is 8. The van der Waals surface area contributed by atoms with E-state index in [1.807, 2.05) is 24.3 Å². The first kappa shape index (κ1) is 18.1. The summed E-state index contributed by atoms with van der Waals surface area (Å²) >= 11 is 7.92. The maximum absolute atomic E-state index is 12.0. The number of hydrogen-bond acceptors (Lipinski definition) is 3. The van der Waals surface area contributed by atoms with E-state index in [1.54, 1.807) is 23.6 Å². The van der Waals surface area contributed by atoms with Gasteiger partial charge in [-0.3, -0.25) is 9.59 Å². The Kier molecular flexibility index (Phi) is 7.24. The molecule has 0 unspecified atom stereocenters. The second-order valence-corrected chi connectivity index (χ2v) is 7.17. The van der Waals surface area contributed by atoms with Gasteiger partial charge in [0.1, 0.15) is 6.04 Å². The van der Waals surface area contributed by atoms with E-state index < -0.39 is 0 Å². The number of carbonyl (C=O) groups is 2. The van der Waals surface area contributed by atoms with E-state index in [1.165, 1.54) is 0 Å². The summed E-state index contributed by atoms with van der Waals surface area (Å²) in [6.45, 7) is 3.13. The molecule has 2 amide bonds. The molecule has 1 atom stereocenters. The van der Waals surface area contributed by atoms with Gasteiger partial charge in [0.2, 0.25) is 11.8 Å². The molecule has 1 heterocycles. The first-order valence-corrected chi connectivity index (χ1v) is 9.51. The maximum atomic E-state index is 12.0. The summed E-state index contributed by atoms with van der Waals surface area (Å²) < 4.78 is 0. The second-order valence-electron chi connectivity index (χ2n) is 5.66. The number of thioether (sulfide) groups is 1. The molecule has 0 aromatic heterocycles. The van der Waals surface area contributed by atoms with Gasteiger partial charge in [-0.15, -0.1) is 0 Å². The lowest BCUT2D eigenvalue weighted by molar-refractivity contribution is -0.136. The average Bonchev–Trinajstić information content (AvgIpc) is 2.97. The first-order chi connectivity index (χ1) is 11.1. The number of nitrogens with zero attached hydrogens (tertiary/aromatic N) is 1. The van der Waals surface area contributed by atoms with Crippen LogP contribution < -0.4 is 5.32 Å². The molecule has 6 heteroatoms. The molecular weight excluding hydrogens is 332 g/mol. The molecule has 2 rings (SSSR count). The Labute approximate surface area is 146 Å². The smallest absolute Gasteiger partial charge is 0.242 e. The van der Waals surface area contributed by atoms with Gasteiger partial charge in [0, 0.05) is 30.3 Å². The van der Waals surface area contributed by atoms with E-state index in [2.05, 4.69) is 5.32 Å². The molecule has 0 spiro atoms. The van der Waals surface area contributed by atoms with Crippen molar-refractivity contribution in [2.45, 2.75) is 38.0 Å². The molecule has 1 saturated heterocycles. The van der Waals surface area contributed by atoms with Crippen LogP contribution in [0, 0.1) is 0 Å². The van der Waals surface area contributed by atoms with Crippen molar-refractivity contribution in [2.75, 3.05) is 18.8 Å². The highest BCUT2D eigenvalue weighted by Gasteiger charge is 2.28. The van der Waals surface area contributed by atoms with Crippen molar-refractivity contribution >= 4 is 35.2 Å². The van der Waals surface area contributed by atoms with Crippen molar-refractivity contribution in [3.05, 3.63) is 34.9 Å². The monoisotopic (exact) mass is 354 g/mol. The van der Waals surface area contributed by atoms with E-state index in [-0.39, 0.29) is 17.9 Å². The van der Waals surface area contributed by atoms with Gasteiger partial charge >= 0.3 is 0 Å². The molecule has 1 aliphatic heterocycles. The molecule has 1 aromatic rings. The number of hydrogen-bond donors (Lipinski definition) is 1. The normalized spacial score (nSPS) is 15.7. The first-order valence-electron chi connectivity index (χ1n) is 7.98. The van der Waals surface area contributed by atoms with E-state index in [4.69, 9.17) is 11.6 Å². The minimum absolute atomic E-state index is 0.0589. The zero-order chi connectivity index (χ0) is 16.7. The molecule has 126 valence electrons. The van der Waals surface area contributed by atoms with Crippen molar-refractivity contribution in [1.82, 2.24) is 10.2 Å². The van der Waals surface area contributed by atoms with Crippen LogP contribution in [-0.4, -0.2) is 41.6 Å². The molecule has 0 bridgehead atoms. The zero-order valence-electron chi connectivity index (χ0n) is 13.4. The van der Waals surface area contributed by atoms with Gasteiger partial charge in [0.25, 0.3) is 0 Å². The highest BCUT2D eigenvalue weighted by molar-refractivity contribution is 7.98. The Bertz CT molecular complexity index is 553. The number of amides is 2. The molecule has 23 heavy (non-hydrogen) atoms. The lowest BCUT2D eigenvalue weighted by Crippen LogP contribution is -2.45. The number of nitrogens with one attached hydrogen (secondary N) is 1. The molecule has 1 N–H and O–H groups in total. The fraction of sp³-hybridized carbons (Fsp3) is 0.529. The summed E-state index contributed by atoms with van der Waals surface area (Å²) in [4.78, 5) is 25.3. The molecule has 0 radical (unpaired) electrons. The molecule has 1 aliphatic rings. The van der Waals surface area contributed by atoms with Crippen LogP contribution in [0.3, 0.4) is 0 Å². The average molecular weight is 355 g/mol. The van der Waals surface area contributed by atoms with Gasteiger partial charge in [-0.2, -0.15) is 11.8 Å². The van der Waals surface area contributed by atoms with Gasteiger partial charge in [0.05, 0.1) is 0 Å². The summed E-state index contributed by atoms with van der Waals surface area (Å²) in [5.74, 6) is 1.87. The summed E-state index contributed by atoms with van der Waals surface area (Å²) in [6.07, 6.45) is 2.33. The van der Waals surface area contributed by atoms with Crippen molar-refractivity contribution in [1.29, 1.82) is 0 Å². The van der Waals surface area contributed by atoms with Crippen LogP contribution in [0.4, 0.5) is 0 Å². The maximum Gasteiger partial charge on any atom is 0.242 e. The Morgan fingerprint density at radius 3 is 2.91 bits per heavy atom. The van der Waals surface area contributed by atoms with E-state index >= 15 is 0 Å². The highest BCUT2D eigenvalue weighted by atomic mass is 35.5. The predicted octanol–water partition coefficient (Wildman–Crippen LogP) is 3.09. The second kappa shape index (κ2) is 9.18. The van der Waals surface area contributed by atoms with Crippen LogP contribution in [0.1, 0.15) is 31.7 Å². The van der Waals surface area contributed by atoms with Crippen LogP contribution in [0.15, 0.2) is 24.3 Å². The Hall–Kier alpha value is -1.20. The van der Waals surface area contributed by atoms with E-state index in [0.717, 1.165) is 34.9 Å². The zero-order valence-corrected chi connectivity index (χ0v) is 15.0. The Balaban J connectivity index is 1.59. The van der Waals surface area contributed by atoms with Crippen LogP contribution in [0.5, 0.6) is 0 Å². The minimum Gasteiger partial charge on any atom is -0.354 e. The van der Waals surface area contributed by atoms with Crippen molar-refractivity contribution in [3.8, 4) is 0 Å². The molecule has 1 fully saturated rings. The number of likely N-dealkylation sites (tertiary alicyclic amines) is 1. The van der Waals surface area contributed by atoms with E-state index in [0.29, 0.717) is 19.5 Å². The Morgan fingerprint density at radius 1 is 1.43 bits per heavy atom. The molecule has 0 saturated carbocycles. The van der Waals surface area contributed by atoms with Gasteiger partial charge in [-0.1, -0.05) is 29.8 Å². The van der Waals surface area contributed by atoms with Crippen LogP contribution in [-0.2, 0) is 15.3 Å². The fourth-order valence-corrected chi connectivity index (χ4v) is 3.80. The largest absolute Gasteiger partial charge is 0.354 e. The quantitative estimate of drug-likeness (QED) is 0.730. The van der Waals surface area contributed by atoms with Gasteiger partial charge in [-0.25, -0.2) is 0 Å². The molecule has 0 aliphatic carbocycles. The lowest BCUT2D eigenvalue weighted by atomic mass is 10.2. The summed E-state index contributed by atoms with van der Waals surface area (Å²) in [5.41, 5.74) is 1.14. The Morgan fingerprint density at radius 2 is 2.22 bits per heavy atom. The SMILES string of the molecule is C[C@H](C(=O)NCCCSCc1ccccc1Cl)N1CCCC1=O. The molecular formula is C17H23ClN2O2S. The minimum atomic E-state index is -0.360. The predicted molar refractivity (Wildman–Crippen MR) is 95.6 cm³/mol. The highest BCUT2D eigenvalue weighted by Crippen LogP contribution is 2.21. The molecule has 4 nitrogen and oxygen atoms in total. The topological polar surface area (TPSA) is 49.4 Å². The van der Waals surface area contributed by atoms with Crippen LogP contribution in [0.2, 0.25) is 5.02 Å². The van der Waals surface area contributed by atoms with Crippen molar-refractivity contribution < 1.29 is 9.59 Å². The van der Waals surface area contributed by atoms with Crippen LogP contribution in [0.25, 0.3) is 0 Å². The summed E-state index contributed by atoms with van der Waals surface area (Å²) in [7, 11) is 0. The third-order valence-corrected chi connectivity index (χ3v) is 5.40. The number of benzene rings is 1. The lowest BCUT2D eigenvalue weighted by Gasteiger charge is -2.23. The van der Waals surface area contributed by atoms with Crippen LogP contribution >= 0.6 is 23.4 Å². The fourth-order valence-electron chi connectivity index (χ4n) is 2.55. The molecule has 1 aromatic carbocycles. The van der Waals surface area contributed by atoms with Crippen molar-refractivity contribution in [3.63, 3.8) is 0 Å². The number of halogens is 1. The summed E-state index contributed by atoms with van der Waals surface area (Å²) in [5, 5.41) is 3.72. The van der Waals surface area contributed by atoms with Gasteiger partial charge < -0.3 is 10.2 Å². The third kappa shape index (κ3) is 5.43. The standard InChI is InChI=1S/C17H23ClN2O2S/c1-13(20-10-4-8-16(20)21)17(22)19-9-5-11-23-12-14-6-2-3-7-15(14)18/h2-3,6-7,13H,4-5,8-12H2,1H3,(H,19,22)/t13-/m1/s1.